The number of H-pyrrole nitrogens is 1. The lowest BCUT2D eigenvalue weighted by molar-refractivity contribution is 0.433. The molecule has 0 bridgehead atoms. The minimum Gasteiger partial charge on any atom is -0.504 e. The summed E-state index contributed by atoms with van der Waals surface area (Å²) in [5.41, 5.74) is 8.32. The number of aryl methyl sites for hydroxylation is 1. The Hall–Kier alpha value is -3.25. The van der Waals surface area contributed by atoms with Crippen molar-refractivity contribution in [3.63, 3.8) is 0 Å². The number of pyridine rings is 2. The largest absolute Gasteiger partial charge is 0.504 e. The van der Waals surface area contributed by atoms with E-state index in [0.29, 0.717) is 39.5 Å². The molecule has 4 N–H and O–H groups in total. The maximum absolute atomic E-state index is 14.8. The maximum atomic E-state index is 14.8. The van der Waals surface area contributed by atoms with Crippen LogP contribution in [-0.2, 0) is 0 Å². The van der Waals surface area contributed by atoms with Crippen molar-refractivity contribution in [1.82, 2.24) is 9.97 Å². The Labute approximate surface area is 160 Å². The highest BCUT2D eigenvalue weighted by Crippen LogP contribution is 2.42. The fraction of sp³-hybridized carbons (Fsp3) is 0.182. The zero-order valence-corrected chi connectivity index (χ0v) is 15.6. The van der Waals surface area contributed by atoms with Crippen molar-refractivity contribution in [3.05, 3.63) is 69.9 Å². The number of phenolic OH excluding ortho intramolecular Hbond substituents is 1. The van der Waals surface area contributed by atoms with Crippen LogP contribution < -0.4 is 11.3 Å². The SMILES string of the molecule is Cc1c(F)c(O)c(-c2ccc(C(C)CN)cc2)c2c1[nH]c(=O)c1cccnc12. The zero-order chi connectivity index (χ0) is 20.0. The maximum Gasteiger partial charge on any atom is 0.257 e. The van der Waals surface area contributed by atoms with E-state index in [-0.39, 0.29) is 17.0 Å². The monoisotopic (exact) mass is 377 g/mol. The van der Waals surface area contributed by atoms with E-state index in [1.165, 1.54) is 6.92 Å². The zero-order valence-electron chi connectivity index (χ0n) is 15.6. The van der Waals surface area contributed by atoms with Crippen LogP contribution in [0.1, 0.15) is 24.0 Å². The van der Waals surface area contributed by atoms with Crippen molar-refractivity contribution < 1.29 is 9.50 Å². The molecule has 0 aliphatic heterocycles. The van der Waals surface area contributed by atoms with Gasteiger partial charge in [0.15, 0.2) is 11.6 Å². The van der Waals surface area contributed by atoms with Gasteiger partial charge in [0, 0.05) is 22.7 Å². The number of phenols is 1. The normalized spacial score (nSPS) is 12.6. The van der Waals surface area contributed by atoms with E-state index < -0.39 is 11.6 Å². The molecule has 0 saturated carbocycles. The number of benzene rings is 2. The minimum atomic E-state index is -0.757. The van der Waals surface area contributed by atoms with Gasteiger partial charge in [0.2, 0.25) is 0 Å². The summed E-state index contributed by atoms with van der Waals surface area (Å²) in [5, 5.41) is 11.6. The van der Waals surface area contributed by atoms with E-state index in [1.807, 2.05) is 31.2 Å². The highest BCUT2D eigenvalue weighted by Gasteiger charge is 2.22. The number of fused-ring (bicyclic) bond motifs is 3. The number of halogens is 1. The van der Waals surface area contributed by atoms with Gasteiger partial charge in [-0.25, -0.2) is 4.39 Å². The van der Waals surface area contributed by atoms with Crippen molar-refractivity contribution >= 4 is 21.8 Å². The van der Waals surface area contributed by atoms with Gasteiger partial charge in [-0.05, 0) is 42.6 Å². The van der Waals surface area contributed by atoms with Crippen molar-refractivity contribution in [1.29, 1.82) is 0 Å². The number of aromatic amines is 1. The molecule has 0 amide bonds. The molecule has 4 aromatic rings. The van der Waals surface area contributed by atoms with E-state index in [2.05, 4.69) is 9.97 Å². The van der Waals surface area contributed by atoms with Crippen LogP contribution in [0.2, 0.25) is 0 Å². The summed E-state index contributed by atoms with van der Waals surface area (Å²) in [6, 6.07) is 10.8. The van der Waals surface area contributed by atoms with Gasteiger partial charge in [0.05, 0.1) is 16.4 Å². The topological polar surface area (TPSA) is 92.0 Å². The fourth-order valence-corrected chi connectivity index (χ4v) is 3.59. The molecular formula is C22H20FN3O2. The number of nitrogens with zero attached hydrogens (tertiary/aromatic N) is 1. The molecule has 4 rings (SSSR count). The van der Waals surface area contributed by atoms with Gasteiger partial charge < -0.3 is 15.8 Å². The van der Waals surface area contributed by atoms with Gasteiger partial charge in [-0.15, -0.1) is 0 Å². The molecule has 5 nitrogen and oxygen atoms in total. The van der Waals surface area contributed by atoms with Crippen LogP contribution in [0.3, 0.4) is 0 Å². The summed E-state index contributed by atoms with van der Waals surface area (Å²) in [7, 11) is 0. The number of hydrogen-bond donors (Lipinski definition) is 3. The third-order valence-corrected chi connectivity index (χ3v) is 5.30. The smallest absolute Gasteiger partial charge is 0.257 e. The lowest BCUT2D eigenvalue weighted by atomic mass is 9.92. The van der Waals surface area contributed by atoms with Gasteiger partial charge in [0.1, 0.15) is 0 Å². The number of nitrogens with two attached hydrogens (primary N) is 1. The molecule has 0 saturated heterocycles. The second-order valence-corrected chi connectivity index (χ2v) is 7.03. The van der Waals surface area contributed by atoms with E-state index in [9.17, 15) is 14.3 Å². The van der Waals surface area contributed by atoms with Crippen LogP contribution in [0.25, 0.3) is 32.9 Å². The van der Waals surface area contributed by atoms with Crippen LogP contribution in [-0.4, -0.2) is 21.6 Å². The Kier molecular flexibility index (Phi) is 4.35. The van der Waals surface area contributed by atoms with Crippen LogP contribution in [0, 0.1) is 12.7 Å². The van der Waals surface area contributed by atoms with Gasteiger partial charge in [-0.1, -0.05) is 31.2 Å². The Morgan fingerprint density at radius 1 is 1.25 bits per heavy atom. The van der Waals surface area contributed by atoms with Gasteiger partial charge >= 0.3 is 0 Å². The van der Waals surface area contributed by atoms with Crippen molar-refractivity contribution in [2.45, 2.75) is 19.8 Å². The van der Waals surface area contributed by atoms with E-state index in [1.54, 1.807) is 18.3 Å². The first-order valence-corrected chi connectivity index (χ1v) is 9.06. The third-order valence-electron chi connectivity index (χ3n) is 5.30. The number of nitrogens with one attached hydrogen (secondary N) is 1. The second-order valence-electron chi connectivity index (χ2n) is 7.03. The van der Waals surface area contributed by atoms with Gasteiger partial charge in [-0.3, -0.25) is 9.78 Å². The molecule has 2 aromatic carbocycles. The summed E-state index contributed by atoms with van der Waals surface area (Å²) in [4.78, 5) is 19.6. The molecule has 2 aromatic heterocycles. The number of hydrogen-bond acceptors (Lipinski definition) is 4. The first-order valence-electron chi connectivity index (χ1n) is 9.06. The Morgan fingerprint density at radius 2 is 1.96 bits per heavy atom. The highest BCUT2D eigenvalue weighted by atomic mass is 19.1. The van der Waals surface area contributed by atoms with Crippen molar-refractivity contribution in [2.75, 3.05) is 6.54 Å². The number of rotatable bonds is 3. The predicted octanol–water partition coefficient (Wildman–Crippen LogP) is 3.96. The lowest BCUT2D eigenvalue weighted by Crippen LogP contribution is -2.09. The Balaban J connectivity index is 2.13. The van der Waals surface area contributed by atoms with E-state index in [4.69, 9.17) is 5.73 Å². The van der Waals surface area contributed by atoms with Gasteiger partial charge in [-0.2, -0.15) is 0 Å². The van der Waals surface area contributed by atoms with E-state index in [0.717, 1.165) is 5.56 Å². The van der Waals surface area contributed by atoms with Crippen LogP contribution in [0.4, 0.5) is 4.39 Å². The minimum absolute atomic E-state index is 0.175. The number of aromatic hydroxyl groups is 1. The molecule has 1 atom stereocenters. The molecule has 1 unspecified atom stereocenters. The molecule has 0 aliphatic carbocycles. The summed E-state index contributed by atoms with van der Waals surface area (Å²) in [5.74, 6) is -1.02. The quantitative estimate of drug-likeness (QED) is 0.471. The Morgan fingerprint density at radius 3 is 2.64 bits per heavy atom. The molecule has 2 heterocycles. The van der Waals surface area contributed by atoms with Crippen LogP contribution in [0.5, 0.6) is 5.75 Å². The van der Waals surface area contributed by atoms with Crippen molar-refractivity contribution in [2.24, 2.45) is 5.73 Å². The molecule has 6 heteroatoms. The van der Waals surface area contributed by atoms with Gasteiger partial charge in [0.25, 0.3) is 5.56 Å². The molecular weight excluding hydrogens is 357 g/mol. The molecule has 0 spiro atoms. The summed E-state index contributed by atoms with van der Waals surface area (Å²) >= 11 is 0. The average molecular weight is 377 g/mol. The molecule has 0 aliphatic rings. The average Bonchev–Trinajstić information content (AvgIpc) is 2.73. The first-order chi connectivity index (χ1) is 13.4. The fourth-order valence-electron chi connectivity index (χ4n) is 3.59. The molecule has 28 heavy (non-hydrogen) atoms. The summed E-state index contributed by atoms with van der Waals surface area (Å²) in [6.45, 7) is 4.07. The first kappa shape index (κ1) is 18.1. The second kappa shape index (κ2) is 6.73. The molecule has 0 fully saturated rings. The predicted molar refractivity (Wildman–Crippen MR) is 109 cm³/mol. The molecule has 142 valence electrons. The van der Waals surface area contributed by atoms with Crippen LogP contribution in [0.15, 0.2) is 47.4 Å². The third kappa shape index (κ3) is 2.65. The summed E-state index contributed by atoms with van der Waals surface area (Å²) < 4.78 is 14.8. The molecule has 0 radical (unpaired) electrons. The Bertz CT molecular complexity index is 1260. The summed E-state index contributed by atoms with van der Waals surface area (Å²) in [6.07, 6.45) is 1.58. The standard InChI is InChI=1S/C22H20FN3O2/c1-11(10-24)13-5-7-14(8-6-13)16-17-19(12(2)18(23)21(16)27)26-22(28)15-4-3-9-25-20(15)17/h3-9,11,27H,10,24H2,1-2H3,(H,26,28). The highest BCUT2D eigenvalue weighted by molar-refractivity contribution is 6.13. The lowest BCUT2D eigenvalue weighted by Gasteiger charge is -2.16. The number of aromatic nitrogens is 2. The van der Waals surface area contributed by atoms with Crippen LogP contribution >= 0.6 is 0 Å². The van der Waals surface area contributed by atoms with Crippen molar-refractivity contribution in [3.8, 4) is 16.9 Å². The van der Waals surface area contributed by atoms with E-state index >= 15 is 0 Å².